The summed E-state index contributed by atoms with van der Waals surface area (Å²) in [5, 5.41) is 3.95. The number of morpholine rings is 1. The lowest BCUT2D eigenvalue weighted by molar-refractivity contribution is 0.103. The molecule has 1 aliphatic rings. The van der Waals surface area contributed by atoms with E-state index < -0.39 is 0 Å². The third-order valence-electron chi connectivity index (χ3n) is 5.74. The number of thiazole rings is 1. The van der Waals surface area contributed by atoms with Crippen molar-refractivity contribution in [1.82, 2.24) is 4.98 Å². The number of nitrogens with zero attached hydrogens (tertiary/aromatic N) is 2. The predicted molar refractivity (Wildman–Crippen MR) is 135 cm³/mol. The number of carbonyl (C=O) groups is 1. The van der Waals surface area contributed by atoms with Crippen LogP contribution in [0.25, 0.3) is 21.8 Å². The Morgan fingerprint density at radius 3 is 2.27 bits per heavy atom. The Labute approximate surface area is 197 Å². The van der Waals surface area contributed by atoms with Crippen LogP contribution in [0.1, 0.15) is 15.2 Å². The predicted octanol–water partition coefficient (Wildman–Crippen LogP) is 5.87. The van der Waals surface area contributed by atoms with Crippen molar-refractivity contribution in [2.24, 2.45) is 0 Å². The van der Waals surface area contributed by atoms with Crippen molar-refractivity contribution in [1.29, 1.82) is 0 Å². The normalized spacial score (nSPS) is 13.7. The van der Waals surface area contributed by atoms with Gasteiger partial charge in [0.25, 0.3) is 5.91 Å². The van der Waals surface area contributed by atoms with Crippen LogP contribution in [0, 0.1) is 6.92 Å². The van der Waals surface area contributed by atoms with Gasteiger partial charge in [0.2, 0.25) is 0 Å². The Morgan fingerprint density at radius 1 is 0.939 bits per heavy atom. The highest BCUT2D eigenvalue weighted by atomic mass is 32.1. The van der Waals surface area contributed by atoms with Crippen molar-refractivity contribution in [2.45, 2.75) is 6.92 Å². The van der Waals surface area contributed by atoms with Gasteiger partial charge in [-0.05, 0) is 30.7 Å². The molecule has 1 aromatic heterocycles. The average molecular weight is 456 g/mol. The quantitative estimate of drug-likeness (QED) is 0.409. The topological polar surface area (TPSA) is 54.5 Å². The summed E-state index contributed by atoms with van der Waals surface area (Å²) in [6.45, 7) is 5.28. The average Bonchev–Trinajstić information content (AvgIpc) is 3.33. The zero-order chi connectivity index (χ0) is 22.6. The van der Waals surface area contributed by atoms with E-state index in [1.54, 1.807) is 0 Å². The first-order valence-corrected chi connectivity index (χ1v) is 11.9. The Bertz CT molecular complexity index is 1250. The first kappa shape index (κ1) is 21.4. The van der Waals surface area contributed by atoms with Crippen LogP contribution in [0.15, 0.2) is 78.9 Å². The van der Waals surface area contributed by atoms with Gasteiger partial charge in [0.15, 0.2) is 0 Å². The molecule has 2 heterocycles. The molecule has 5 nitrogen and oxygen atoms in total. The molecular formula is C27H25N3O2S. The molecule has 33 heavy (non-hydrogen) atoms. The largest absolute Gasteiger partial charge is 0.378 e. The van der Waals surface area contributed by atoms with E-state index in [-0.39, 0.29) is 5.91 Å². The van der Waals surface area contributed by atoms with Gasteiger partial charge in [-0.3, -0.25) is 4.79 Å². The molecule has 0 saturated carbocycles. The first-order chi connectivity index (χ1) is 16.2. The van der Waals surface area contributed by atoms with E-state index in [1.165, 1.54) is 11.3 Å². The standard InChI is InChI=1S/C27H25N3O2S/c1-19-18-22(30-14-16-32-17-15-30)12-13-23(19)28-26(31)25-24(20-8-4-2-5-9-20)29-27(33-25)21-10-6-3-7-11-21/h2-13,18H,14-17H2,1H3,(H,28,31). The molecule has 4 aromatic rings. The number of aromatic nitrogens is 1. The monoisotopic (exact) mass is 455 g/mol. The second kappa shape index (κ2) is 9.57. The summed E-state index contributed by atoms with van der Waals surface area (Å²) in [6, 6.07) is 26.0. The molecule has 0 radical (unpaired) electrons. The van der Waals surface area contributed by atoms with Crippen LogP contribution < -0.4 is 10.2 Å². The number of nitrogens with one attached hydrogen (secondary N) is 1. The molecule has 6 heteroatoms. The molecule has 1 aliphatic heterocycles. The van der Waals surface area contributed by atoms with E-state index in [2.05, 4.69) is 22.3 Å². The maximum Gasteiger partial charge on any atom is 0.268 e. The number of anilines is 2. The second-order valence-corrected chi connectivity index (χ2v) is 8.98. The van der Waals surface area contributed by atoms with Gasteiger partial charge < -0.3 is 15.0 Å². The molecule has 1 saturated heterocycles. The fraction of sp³-hybridized carbons (Fsp3) is 0.185. The maximum atomic E-state index is 13.4. The summed E-state index contributed by atoms with van der Waals surface area (Å²) < 4.78 is 5.45. The van der Waals surface area contributed by atoms with E-state index in [0.29, 0.717) is 10.6 Å². The second-order valence-electron chi connectivity index (χ2n) is 7.98. The molecule has 1 amide bonds. The first-order valence-electron chi connectivity index (χ1n) is 11.1. The summed E-state index contributed by atoms with van der Waals surface area (Å²) in [4.78, 5) is 21.2. The summed E-state index contributed by atoms with van der Waals surface area (Å²) in [5.74, 6) is -0.143. The number of hydrogen-bond donors (Lipinski definition) is 1. The Balaban J connectivity index is 1.45. The van der Waals surface area contributed by atoms with E-state index in [4.69, 9.17) is 9.72 Å². The van der Waals surface area contributed by atoms with E-state index >= 15 is 0 Å². The van der Waals surface area contributed by atoms with Crippen LogP contribution in [0.2, 0.25) is 0 Å². The van der Waals surface area contributed by atoms with Crippen LogP contribution in [0.4, 0.5) is 11.4 Å². The van der Waals surface area contributed by atoms with Gasteiger partial charge in [0.1, 0.15) is 9.88 Å². The molecule has 166 valence electrons. The Kier molecular flexibility index (Phi) is 6.19. The molecule has 0 unspecified atom stereocenters. The van der Waals surface area contributed by atoms with Crippen LogP contribution in [0.3, 0.4) is 0 Å². The number of amides is 1. The van der Waals surface area contributed by atoms with Crippen LogP contribution >= 0.6 is 11.3 Å². The van der Waals surface area contributed by atoms with Gasteiger partial charge in [-0.15, -0.1) is 11.3 Å². The van der Waals surface area contributed by atoms with Gasteiger partial charge in [0.05, 0.1) is 18.9 Å². The lowest BCUT2D eigenvalue weighted by Crippen LogP contribution is -2.36. The number of ether oxygens (including phenoxy) is 1. The minimum absolute atomic E-state index is 0.143. The number of carbonyl (C=O) groups excluding carboxylic acids is 1. The molecule has 0 spiro atoms. The lowest BCUT2D eigenvalue weighted by atomic mass is 10.1. The molecule has 0 bridgehead atoms. The van der Waals surface area contributed by atoms with Crippen molar-refractivity contribution in [3.63, 3.8) is 0 Å². The van der Waals surface area contributed by atoms with Crippen LogP contribution in [-0.2, 0) is 4.74 Å². The van der Waals surface area contributed by atoms with Crippen molar-refractivity contribution < 1.29 is 9.53 Å². The van der Waals surface area contributed by atoms with Gasteiger partial charge in [-0.1, -0.05) is 60.7 Å². The molecule has 3 aromatic carbocycles. The fourth-order valence-electron chi connectivity index (χ4n) is 3.96. The summed E-state index contributed by atoms with van der Waals surface area (Å²) in [6.07, 6.45) is 0. The smallest absolute Gasteiger partial charge is 0.268 e. The number of aryl methyl sites for hydroxylation is 1. The number of rotatable bonds is 5. The highest BCUT2D eigenvalue weighted by Crippen LogP contribution is 2.35. The number of hydrogen-bond acceptors (Lipinski definition) is 5. The Morgan fingerprint density at radius 2 is 1.61 bits per heavy atom. The molecule has 0 atom stereocenters. The molecule has 1 N–H and O–H groups in total. The highest BCUT2D eigenvalue weighted by molar-refractivity contribution is 7.17. The Hall–Kier alpha value is -3.48. The molecule has 0 aliphatic carbocycles. The summed E-state index contributed by atoms with van der Waals surface area (Å²) >= 11 is 1.42. The fourth-order valence-corrected chi connectivity index (χ4v) is 4.94. The van der Waals surface area contributed by atoms with Crippen LogP contribution in [-0.4, -0.2) is 37.2 Å². The van der Waals surface area contributed by atoms with E-state index in [9.17, 15) is 4.79 Å². The van der Waals surface area contributed by atoms with E-state index in [1.807, 2.05) is 73.7 Å². The maximum absolute atomic E-state index is 13.4. The van der Waals surface area contributed by atoms with Crippen molar-refractivity contribution in [3.8, 4) is 21.8 Å². The van der Waals surface area contributed by atoms with Crippen molar-refractivity contribution >= 4 is 28.6 Å². The zero-order valence-electron chi connectivity index (χ0n) is 18.5. The van der Waals surface area contributed by atoms with Gasteiger partial charge >= 0.3 is 0 Å². The van der Waals surface area contributed by atoms with Gasteiger partial charge in [-0.25, -0.2) is 4.98 Å². The third-order valence-corrected chi connectivity index (χ3v) is 6.84. The molecular weight excluding hydrogens is 430 g/mol. The minimum Gasteiger partial charge on any atom is -0.378 e. The van der Waals surface area contributed by atoms with E-state index in [0.717, 1.165) is 59.4 Å². The van der Waals surface area contributed by atoms with Gasteiger partial charge in [-0.2, -0.15) is 0 Å². The van der Waals surface area contributed by atoms with Crippen molar-refractivity contribution in [2.75, 3.05) is 36.5 Å². The molecule has 1 fully saturated rings. The zero-order valence-corrected chi connectivity index (χ0v) is 19.3. The summed E-state index contributed by atoms with van der Waals surface area (Å²) in [5.41, 5.74) is 5.64. The number of benzene rings is 3. The van der Waals surface area contributed by atoms with Crippen LogP contribution in [0.5, 0.6) is 0 Å². The van der Waals surface area contributed by atoms with Crippen molar-refractivity contribution in [3.05, 3.63) is 89.3 Å². The highest BCUT2D eigenvalue weighted by Gasteiger charge is 2.21. The van der Waals surface area contributed by atoms with Gasteiger partial charge in [0, 0.05) is 35.6 Å². The third kappa shape index (κ3) is 4.67. The summed E-state index contributed by atoms with van der Waals surface area (Å²) in [7, 11) is 0. The minimum atomic E-state index is -0.143. The SMILES string of the molecule is Cc1cc(N2CCOCC2)ccc1NC(=O)c1sc(-c2ccccc2)nc1-c1ccccc1. The molecule has 5 rings (SSSR count). The lowest BCUT2D eigenvalue weighted by Gasteiger charge is -2.29.